The van der Waals surface area contributed by atoms with Crippen molar-refractivity contribution in [2.45, 2.75) is 32.0 Å². The fourth-order valence-electron chi connectivity index (χ4n) is 2.26. The first-order valence-corrected chi connectivity index (χ1v) is 7.77. The molecule has 0 heterocycles. The minimum atomic E-state index is -1.06. The zero-order chi connectivity index (χ0) is 16.7. The molecule has 0 fully saturated rings. The second-order valence-electron chi connectivity index (χ2n) is 5.94. The number of amides is 1. The summed E-state index contributed by atoms with van der Waals surface area (Å²) in [4.78, 5) is 12.4. The van der Waals surface area contributed by atoms with Gasteiger partial charge in [-0.25, -0.2) is 0 Å². The van der Waals surface area contributed by atoms with Crippen molar-refractivity contribution in [3.63, 3.8) is 0 Å². The molecule has 0 spiro atoms. The summed E-state index contributed by atoms with van der Waals surface area (Å²) in [6.07, 6.45) is 0. The van der Waals surface area contributed by atoms with E-state index in [-0.39, 0.29) is 24.4 Å². The molecule has 0 aliphatic rings. The zero-order valence-electron chi connectivity index (χ0n) is 14.1. The van der Waals surface area contributed by atoms with Crippen molar-refractivity contribution < 1.29 is 9.53 Å². The number of hydrogen-bond acceptors (Lipinski definition) is 3. The standard InChI is InChI=1S/C19H24N2O2.ClH/c1-15(13-23-14-16-9-5-3-6-10-16)21-18(22)19(2,20)17-11-7-4-8-12-17;/h3-12,15H,13-14,20H2,1-2H3,(H,21,22);1H. The molecule has 2 atom stereocenters. The number of rotatable bonds is 7. The molecule has 0 bridgehead atoms. The van der Waals surface area contributed by atoms with E-state index in [4.69, 9.17) is 10.5 Å². The number of nitrogens with two attached hydrogens (primary N) is 1. The number of halogens is 1. The molecule has 5 heteroatoms. The smallest absolute Gasteiger partial charge is 0.244 e. The quantitative estimate of drug-likeness (QED) is 0.808. The van der Waals surface area contributed by atoms with Gasteiger partial charge in [0.1, 0.15) is 5.54 Å². The Morgan fingerprint density at radius 3 is 2.25 bits per heavy atom. The Hall–Kier alpha value is -1.88. The third-order valence-electron chi connectivity index (χ3n) is 3.70. The Labute approximate surface area is 149 Å². The molecule has 130 valence electrons. The van der Waals surface area contributed by atoms with E-state index in [2.05, 4.69) is 5.32 Å². The van der Waals surface area contributed by atoms with Gasteiger partial charge < -0.3 is 15.8 Å². The summed E-state index contributed by atoms with van der Waals surface area (Å²) < 4.78 is 5.65. The summed E-state index contributed by atoms with van der Waals surface area (Å²) in [5.41, 5.74) is 7.03. The van der Waals surface area contributed by atoms with Crippen LogP contribution >= 0.6 is 12.4 Å². The number of nitrogens with one attached hydrogen (secondary N) is 1. The van der Waals surface area contributed by atoms with Crippen LogP contribution in [0.25, 0.3) is 0 Å². The number of ether oxygens (including phenoxy) is 1. The van der Waals surface area contributed by atoms with Gasteiger partial charge in [0, 0.05) is 6.04 Å². The molecule has 0 aliphatic heterocycles. The predicted octanol–water partition coefficient (Wildman–Crippen LogP) is 3.00. The normalized spacial score (nSPS) is 14.1. The molecule has 0 radical (unpaired) electrons. The molecule has 24 heavy (non-hydrogen) atoms. The molecule has 0 aromatic heterocycles. The van der Waals surface area contributed by atoms with E-state index in [0.29, 0.717) is 13.2 Å². The van der Waals surface area contributed by atoms with Crippen molar-refractivity contribution in [3.05, 3.63) is 71.8 Å². The highest BCUT2D eigenvalue weighted by molar-refractivity contribution is 5.87. The molecule has 0 aliphatic carbocycles. The molecule has 0 saturated heterocycles. The molecule has 0 saturated carbocycles. The maximum Gasteiger partial charge on any atom is 0.244 e. The molecule has 4 nitrogen and oxygen atoms in total. The first-order valence-electron chi connectivity index (χ1n) is 7.77. The number of hydrogen-bond donors (Lipinski definition) is 2. The van der Waals surface area contributed by atoms with Crippen LogP contribution in [0.4, 0.5) is 0 Å². The van der Waals surface area contributed by atoms with E-state index < -0.39 is 5.54 Å². The van der Waals surface area contributed by atoms with E-state index in [0.717, 1.165) is 11.1 Å². The molecule has 2 rings (SSSR count). The lowest BCUT2D eigenvalue weighted by Crippen LogP contribution is -2.52. The van der Waals surface area contributed by atoms with Crippen LogP contribution in [0.5, 0.6) is 0 Å². The molecular formula is C19H25ClN2O2. The summed E-state index contributed by atoms with van der Waals surface area (Å²) in [6.45, 7) is 4.59. The molecule has 2 aromatic rings. The van der Waals surface area contributed by atoms with Gasteiger partial charge in [0.15, 0.2) is 0 Å². The number of carbonyl (C=O) groups is 1. The van der Waals surface area contributed by atoms with E-state index in [1.807, 2.05) is 67.6 Å². The van der Waals surface area contributed by atoms with Crippen molar-refractivity contribution in [2.75, 3.05) is 6.61 Å². The third kappa shape index (κ3) is 5.64. The maximum atomic E-state index is 12.4. The summed E-state index contributed by atoms with van der Waals surface area (Å²) in [7, 11) is 0. The molecule has 2 aromatic carbocycles. The Balaban J connectivity index is 0.00000288. The lowest BCUT2D eigenvalue weighted by molar-refractivity contribution is -0.127. The maximum absolute atomic E-state index is 12.4. The van der Waals surface area contributed by atoms with Gasteiger partial charge in [-0.05, 0) is 25.0 Å². The second kappa shape index (κ2) is 9.42. The molecule has 3 N–H and O–H groups in total. The van der Waals surface area contributed by atoms with Crippen molar-refractivity contribution in [3.8, 4) is 0 Å². The average molecular weight is 349 g/mol. The SMILES string of the molecule is CC(COCc1ccccc1)NC(=O)C(C)(N)c1ccccc1.Cl. The Kier molecular flexibility index (Phi) is 7.92. The van der Waals surface area contributed by atoms with Crippen molar-refractivity contribution >= 4 is 18.3 Å². The van der Waals surface area contributed by atoms with Crippen LogP contribution in [0.1, 0.15) is 25.0 Å². The van der Waals surface area contributed by atoms with E-state index >= 15 is 0 Å². The van der Waals surface area contributed by atoms with Crippen molar-refractivity contribution in [2.24, 2.45) is 5.73 Å². The van der Waals surface area contributed by atoms with Gasteiger partial charge in [-0.15, -0.1) is 12.4 Å². The number of benzene rings is 2. The second-order valence-corrected chi connectivity index (χ2v) is 5.94. The number of carbonyl (C=O) groups excluding carboxylic acids is 1. The minimum Gasteiger partial charge on any atom is -0.375 e. The average Bonchev–Trinajstić information content (AvgIpc) is 2.56. The van der Waals surface area contributed by atoms with E-state index in [9.17, 15) is 4.79 Å². The van der Waals surface area contributed by atoms with E-state index in [1.165, 1.54) is 0 Å². The lowest BCUT2D eigenvalue weighted by Gasteiger charge is -2.26. The molecule has 1 amide bonds. The van der Waals surface area contributed by atoms with Crippen molar-refractivity contribution in [1.29, 1.82) is 0 Å². The Morgan fingerprint density at radius 1 is 1.12 bits per heavy atom. The van der Waals surface area contributed by atoms with Gasteiger partial charge in [0.05, 0.1) is 13.2 Å². The van der Waals surface area contributed by atoms with Crippen LogP contribution in [0.15, 0.2) is 60.7 Å². The largest absolute Gasteiger partial charge is 0.375 e. The predicted molar refractivity (Wildman–Crippen MR) is 98.9 cm³/mol. The summed E-state index contributed by atoms with van der Waals surface area (Å²) in [5, 5.41) is 2.92. The molecule has 2 unspecified atom stereocenters. The summed E-state index contributed by atoms with van der Waals surface area (Å²) >= 11 is 0. The van der Waals surface area contributed by atoms with Gasteiger partial charge in [-0.1, -0.05) is 60.7 Å². The molecular weight excluding hydrogens is 324 g/mol. The van der Waals surface area contributed by atoms with Crippen LogP contribution in [-0.2, 0) is 21.7 Å². The van der Waals surface area contributed by atoms with Crippen LogP contribution < -0.4 is 11.1 Å². The van der Waals surface area contributed by atoms with Crippen LogP contribution in [-0.4, -0.2) is 18.6 Å². The Morgan fingerprint density at radius 2 is 1.67 bits per heavy atom. The summed E-state index contributed by atoms with van der Waals surface area (Å²) in [6, 6.07) is 19.2. The third-order valence-corrected chi connectivity index (χ3v) is 3.70. The van der Waals surface area contributed by atoms with E-state index in [1.54, 1.807) is 6.92 Å². The highest BCUT2D eigenvalue weighted by Crippen LogP contribution is 2.17. The fraction of sp³-hybridized carbons (Fsp3) is 0.316. The van der Waals surface area contributed by atoms with Crippen LogP contribution in [0, 0.1) is 0 Å². The van der Waals surface area contributed by atoms with Gasteiger partial charge in [-0.2, -0.15) is 0 Å². The zero-order valence-corrected chi connectivity index (χ0v) is 14.9. The van der Waals surface area contributed by atoms with Gasteiger partial charge in [-0.3, -0.25) is 4.79 Å². The first-order chi connectivity index (χ1) is 11.0. The summed E-state index contributed by atoms with van der Waals surface area (Å²) in [5.74, 6) is -0.209. The highest BCUT2D eigenvalue weighted by atomic mass is 35.5. The van der Waals surface area contributed by atoms with Crippen molar-refractivity contribution in [1.82, 2.24) is 5.32 Å². The topological polar surface area (TPSA) is 64.3 Å². The monoisotopic (exact) mass is 348 g/mol. The van der Waals surface area contributed by atoms with Gasteiger partial charge in [0.25, 0.3) is 0 Å². The van der Waals surface area contributed by atoms with Gasteiger partial charge in [0.2, 0.25) is 5.91 Å². The highest BCUT2D eigenvalue weighted by Gasteiger charge is 2.31. The van der Waals surface area contributed by atoms with Gasteiger partial charge >= 0.3 is 0 Å². The fourth-order valence-corrected chi connectivity index (χ4v) is 2.26. The Bertz CT molecular complexity index is 618. The minimum absolute atomic E-state index is 0. The van der Waals surface area contributed by atoms with Crippen LogP contribution in [0.2, 0.25) is 0 Å². The first kappa shape index (κ1) is 20.2. The lowest BCUT2D eigenvalue weighted by atomic mass is 9.92. The van der Waals surface area contributed by atoms with Crippen LogP contribution in [0.3, 0.4) is 0 Å².